The van der Waals surface area contributed by atoms with Crippen molar-refractivity contribution in [2.45, 2.75) is 32.2 Å². The number of benzene rings is 1. The van der Waals surface area contributed by atoms with Crippen molar-refractivity contribution in [2.75, 3.05) is 20.3 Å². The lowest BCUT2D eigenvalue weighted by atomic mass is 10.3. The fourth-order valence-electron chi connectivity index (χ4n) is 2.22. The van der Waals surface area contributed by atoms with Crippen molar-refractivity contribution in [3.63, 3.8) is 0 Å². The van der Waals surface area contributed by atoms with Crippen LogP contribution in [0, 0.1) is 0 Å². The van der Waals surface area contributed by atoms with E-state index in [0.717, 1.165) is 48.6 Å². The molecule has 0 bridgehead atoms. The van der Waals surface area contributed by atoms with Gasteiger partial charge in [-0.05, 0) is 25.0 Å². The van der Waals surface area contributed by atoms with Crippen LogP contribution in [0.4, 0.5) is 0 Å². The predicted octanol–water partition coefficient (Wildman–Crippen LogP) is 3.60. The standard InChI is InChI=1S/C15H21ClN2O2/c1-3-9-20-13-7-4-6-12-15(13)17-14(11-16)18(12)8-5-10-19-2/h4,6-7H,3,5,8-11H2,1-2H3. The molecule has 4 nitrogen and oxygen atoms in total. The topological polar surface area (TPSA) is 36.3 Å². The smallest absolute Gasteiger partial charge is 0.147 e. The van der Waals surface area contributed by atoms with E-state index < -0.39 is 0 Å². The second-order valence-corrected chi connectivity index (χ2v) is 4.90. The largest absolute Gasteiger partial charge is 0.491 e. The van der Waals surface area contributed by atoms with E-state index in [9.17, 15) is 0 Å². The number of aryl methyl sites for hydroxylation is 1. The number of halogens is 1. The summed E-state index contributed by atoms with van der Waals surface area (Å²) >= 11 is 6.02. The average molecular weight is 297 g/mol. The van der Waals surface area contributed by atoms with Crippen molar-refractivity contribution in [1.82, 2.24) is 9.55 Å². The number of imidazole rings is 1. The molecule has 1 aromatic carbocycles. The number of ether oxygens (including phenoxy) is 2. The molecule has 1 heterocycles. The van der Waals surface area contributed by atoms with Gasteiger partial charge in [0.1, 0.15) is 17.1 Å². The molecule has 0 atom stereocenters. The molecule has 5 heteroatoms. The zero-order valence-corrected chi connectivity index (χ0v) is 12.8. The number of methoxy groups -OCH3 is 1. The number of fused-ring (bicyclic) bond motifs is 1. The molecule has 0 aliphatic carbocycles. The van der Waals surface area contributed by atoms with E-state index in [0.29, 0.717) is 12.5 Å². The molecule has 0 unspecified atom stereocenters. The molecule has 2 aromatic rings. The summed E-state index contributed by atoms with van der Waals surface area (Å²) in [7, 11) is 1.71. The molecule has 0 radical (unpaired) electrons. The van der Waals surface area contributed by atoms with Crippen molar-refractivity contribution in [2.24, 2.45) is 0 Å². The first-order valence-corrected chi connectivity index (χ1v) is 7.51. The number of hydrogen-bond donors (Lipinski definition) is 0. The Labute approximate surface area is 124 Å². The molecule has 2 rings (SSSR count). The van der Waals surface area contributed by atoms with Gasteiger partial charge in [0.2, 0.25) is 0 Å². The minimum Gasteiger partial charge on any atom is -0.491 e. The molecule has 0 saturated carbocycles. The number of para-hydroxylation sites is 1. The summed E-state index contributed by atoms with van der Waals surface area (Å²) < 4.78 is 13.0. The van der Waals surface area contributed by atoms with Crippen LogP contribution in [0.15, 0.2) is 18.2 Å². The van der Waals surface area contributed by atoms with Gasteiger partial charge in [0, 0.05) is 20.3 Å². The molecular weight excluding hydrogens is 276 g/mol. The maximum absolute atomic E-state index is 6.02. The Morgan fingerprint density at radius 2 is 2.15 bits per heavy atom. The van der Waals surface area contributed by atoms with E-state index in [1.807, 2.05) is 12.1 Å². The van der Waals surface area contributed by atoms with Crippen molar-refractivity contribution in [3.05, 3.63) is 24.0 Å². The highest BCUT2D eigenvalue weighted by Gasteiger charge is 2.13. The van der Waals surface area contributed by atoms with E-state index in [1.165, 1.54) is 0 Å². The summed E-state index contributed by atoms with van der Waals surface area (Å²) in [6.07, 6.45) is 1.92. The molecule has 1 aromatic heterocycles. The van der Waals surface area contributed by atoms with Crippen LogP contribution in [-0.2, 0) is 17.2 Å². The number of alkyl halides is 1. The minimum atomic E-state index is 0.398. The minimum absolute atomic E-state index is 0.398. The molecule has 110 valence electrons. The Kier molecular flexibility index (Phi) is 5.68. The van der Waals surface area contributed by atoms with E-state index in [2.05, 4.69) is 22.5 Å². The Hall–Kier alpha value is -1.26. The summed E-state index contributed by atoms with van der Waals surface area (Å²) in [5.41, 5.74) is 1.97. The summed E-state index contributed by atoms with van der Waals surface area (Å²) in [5.74, 6) is 2.11. The normalized spacial score (nSPS) is 11.2. The molecule has 0 fully saturated rings. The first-order valence-electron chi connectivity index (χ1n) is 6.97. The van der Waals surface area contributed by atoms with Crippen molar-refractivity contribution >= 4 is 22.6 Å². The maximum atomic E-state index is 6.02. The Bertz CT molecular complexity index is 554. The summed E-state index contributed by atoms with van der Waals surface area (Å²) in [6.45, 7) is 4.37. The lowest BCUT2D eigenvalue weighted by Gasteiger charge is -2.08. The van der Waals surface area contributed by atoms with E-state index in [-0.39, 0.29) is 0 Å². The van der Waals surface area contributed by atoms with Crippen LogP contribution in [-0.4, -0.2) is 29.9 Å². The van der Waals surface area contributed by atoms with Gasteiger partial charge >= 0.3 is 0 Å². The number of hydrogen-bond acceptors (Lipinski definition) is 3. The summed E-state index contributed by atoms with van der Waals surface area (Å²) in [4.78, 5) is 4.63. The molecule has 0 amide bonds. The van der Waals surface area contributed by atoms with Crippen LogP contribution in [0.1, 0.15) is 25.6 Å². The molecule has 0 aliphatic rings. The fraction of sp³-hybridized carbons (Fsp3) is 0.533. The first-order chi connectivity index (χ1) is 9.81. The number of aromatic nitrogens is 2. The van der Waals surface area contributed by atoms with Gasteiger partial charge in [-0.3, -0.25) is 0 Å². The van der Waals surface area contributed by atoms with Gasteiger partial charge in [0.25, 0.3) is 0 Å². The second kappa shape index (κ2) is 7.50. The van der Waals surface area contributed by atoms with E-state index >= 15 is 0 Å². The van der Waals surface area contributed by atoms with Crippen LogP contribution < -0.4 is 4.74 Å². The highest BCUT2D eigenvalue weighted by atomic mass is 35.5. The molecule has 0 saturated heterocycles. The van der Waals surface area contributed by atoms with Gasteiger partial charge in [0.05, 0.1) is 18.0 Å². The first kappa shape index (κ1) is 15.1. The SMILES string of the molecule is CCCOc1cccc2c1nc(CCl)n2CCCOC. The van der Waals surface area contributed by atoms with Crippen LogP contribution in [0.5, 0.6) is 5.75 Å². The van der Waals surface area contributed by atoms with Crippen molar-refractivity contribution < 1.29 is 9.47 Å². The molecular formula is C15H21ClN2O2. The lowest BCUT2D eigenvalue weighted by Crippen LogP contribution is -2.04. The second-order valence-electron chi connectivity index (χ2n) is 4.63. The highest BCUT2D eigenvalue weighted by molar-refractivity contribution is 6.16. The van der Waals surface area contributed by atoms with Gasteiger partial charge in [-0.25, -0.2) is 4.98 Å². The predicted molar refractivity (Wildman–Crippen MR) is 81.6 cm³/mol. The van der Waals surface area contributed by atoms with E-state index in [4.69, 9.17) is 21.1 Å². The molecule has 0 N–H and O–H groups in total. The van der Waals surface area contributed by atoms with Crippen LogP contribution in [0.3, 0.4) is 0 Å². The summed E-state index contributed by atoms with van der Waals surface area (Å²) in [6, 6.07) is 6.02. The fourth-order valence-corrected chi connectivity index (χ4v) is 2.42. The third-order valence-corrected chi connectivity index (χ3v) is 3.37. The molecule has 0 spiro atoms. The monoisotopic (exact) mass is 296 g/mol. The van der Waals surface area contributed by atoms with Crippen molar-refractivity contribution in [1.29, 1.82) is 0 Å². The van der Waals surface area contributed by atoms with Crippen LogP contribution in [0.25, 0.3) is 11.0 Å². The Morgan fingerprint density at radius 3 is 2.85 bits per heavy atom. The van der Waals surface area contributed by atoms with Gasteiger partial charge in [-0.2, -0.15) is 0 Å². The Balaban J connectivity index is 2.35. The van der Waals surface area contributed by atoms with E-state index in [1.54, 1.807) is 7.11 Å². The highest BCUT2D eigenvalue weighted by Crippen LogP contribution is 2.27. The molecule has 20 heavy (non-hydrogen) atoms. The van der Waals surface area contributed by atoms with Gasteiger partial charge in [-0.1, -0.05) is 13.0 Å². The van der Waals surface area contributed by atoms with Crippen molar-refractivity contribution in [3.8, 4) is 5.75 Å². The lowest BCUT2D eigenvalue weighted by molar-refractivity contribution is 0.190. The van der Waals surface area contributed by atoms with Gasteiger partial charge < -0.3 is 14.0 Å². The number of nitrogens with zero attached hydrogens (tertiary/aromatic N) is 2. The van der Waals surface area contributed by atoms with Crippen LogP contribution in [0.2, 0.25) is 0 Å². The molecule has 0 aliphatic heterocycles. The third-order valence-electron chi connectivity index (χ3n) is 3.13. The average Bonchev–Trinajstić information content (AvgIpc) is 2.84. The third kappa shape index (κ3) is 3.25. The van der Waals surface area contributed by atoms with Crippen LogP contribution >= 0.6 is 11.6 Å². The zero-order chi connectivity index (χ0) is 14.4. The zero-order valence-electron chi connectivity index (χ0n) is 12.1. The Morgan fingerprint density at radius 1 is 1.30 bits per heavy atom. The summed E-state index contributed by atoms with van der Waals surface area (Å²) in [5, 5.41) is 0. The quantitative estimate of drug-likeness (QED) is 0.551. The maximum Gasteiger partial charge on any atom is 0.147 e. The van der Waals surface area contributed by atoms with Gasteiger partial charge in [-0.15, -0.1) is 11.6 Å². The van der Waals surface area contributed by atoms with Gasteiger partial charge in [0.15, 0.2) is 0 Å². The number of rotatable bonds is 8.